The van der Waals surface area contributed by atoms with Crippen molar-refractivity contribution in [3.63, 3.8) is 0 Å². The van der Waals surface area contributed by atoms with Gasteiger partial charge in [0.2, 0.25) is 0 Å². The Morgan fingerprint density at radius 2 is 1.65 bits per heavy atom. The largest absolute Gasteiger partial charge is 0.393 e. The van der Waals surface area contributed by atoms with Crippen LogP contribution < -0.4 is 0 Å². The lowest BCUT2D eigenvalue weighted by molar-refractivity contribution is -0.122. The fourth-order valence-electron chi connectivity index (χ4n) is 1.75. The van der Waals surface area contributed by atoms with Crippen LogP contribution in [0.25, 0.3) is 16.3 Å². The number of hydrogen-bond acceptors (Lipinski definition) is 0. The van der Waals surface area contributed by atoms with E-state index in [9.17, 15) is 13.2 Å². The van der Waals surface area contributed by atoms with E-state index in [-0.39, 0.29) is 5.57 Å². The first-order valence-corrected chi connectivity index (χ1v) is 5.19. The first-order valence-electron chi connectivity index (χ1n) is 5.19. The molecule has 88 valence electrons. The van der Waals surface area contributed by atoms with E-state index in [1.165, 1.54) is 0 Å². The highest BCUT2D eigenvalue weighted by atomic mass is 19.4. The van der Waals surface area contributed by atoms with Gasteiger partial charge >= 0.3 is 6.18 Å². The third-order valence-electron chi connectivity index (χ3n) is 2.57. The van der Waals surface area contributed by atoms with Crippen LogP contribution in [0.15, 0.2) is 49.0 Å². The quantitative estimate of drug-likeness (QED) is 0.702. The van der Waals surface area contributed by atoms with Crippen molar-refractivity contribution in [3.8, 4) is 0 Å². The highest BCUT2D eigenvalue weighted by Gasteiger charge is 2.28. The van der Waals surface area contributed by atoms with E-state index in [0.717, 1.165) is 10.8 Å². The zero-order valence-electron chi connectivity index (χ0n) is 9.09. The maximum absolute atomic E-state index is 12.2. The number of benzene rings is 2. The van der Waals surface area contributed by atoms with Gasteiger partial charge in [0.25, 0.3) is 0 Å². The normalized spacial score (nSPS) is 11.7. The molecule has 0 fully saturated rings. The molecule has 0 aliphatic rings. The highest BCUT2D eigenvalue weighted by molar-refractivity contribution is 5.86. The maximum atomic E-state index is 12.2. The van der Waals surface area contributed by atoms with E-state index in [2.05, 4.69) is 6.58 Å². The minimum atomic E-state index is -4.21. The van der Waals surface area contributed by atoms with Gasteiger partial charge in [0.05, 0.1) is 6.42 Å². The Balaban J connectivity index is 2.33. The van der Waals surface area contributed by atoms with Gasteiger partial charge in [0.15, 0.2) is 0 Å². The van der Waals surface area contributed by atoms with Gasteiger partial charge < -0.3 is 0 Å². The van der Waals surface area contributed by atoms with E-state index < -0.39 is 12.6 Å². The summed E-state index contributed by atoms with van der Waals surface area (Å²) in [6.07, 6.45) is -5.17. The van der Waals surface area contributed by atoms with Crippen LogP contribution in [-0.2, 0) is 0 Å². The summed E-state index contributed by atoms with van der Waals surface area (Å²) in [6.45, 7) is 3.50. The third kappa shape index (κ3) is 2.87. The highest BCUT2D eigenvalue weighted by Crippen LogP contribution is 2.30. The van der Waals surface area contributed by atoms with Crippen molar-refractivity contribution in [2.45, 2.75) is 12.6 Å². The molecule has 0 saturated carbocycles. The number of allylic oxidation sites excluding steroid dienone is 1. The topological polar surface area (TPSA) is 0 Å². The second-order valence-corrected chi connectivity index (χ2v) is 3.96. The summed E-state index contributed by atoms with van der Waals surface area (Å²) in [6, 6.07) is 12.8. The average Bonchev–Trinajstić information content (AvgIpc) is 2.26. The summed E-state index contributed by atoms with van der Waals surface area (Å²) in [5.41, 5.74) is 0.643. The predicted molar refractivity (Wildman–Crippen MR) is 63.7 cm³/mol. The van der Waals surface area contributed by atoms with Crippen molar-refractivity contribution in [2.75, 3.05) is 0 Å². The smallest absolute Gasteiger partial charge is 0.171 e. The summed E-state index contributed by atoms with van der Waals surface area (Å²) in [5, 5.41) is 1.93. The first kappa shape index (κ1) is 11.7. The van der Waals surface area contributed by atoms with Crippen LogP contribution in [-0.4, -0.2) is 6.18 Å². The van der Waals surface area contributed by atoms with E-state index >= 15 is 0 Å². The Kier molecular flexibility index (Phi) is 2.92. The average molecular weight is 236 g/mol. The van der Waals surface area contributed by atoms with Crippen LogP contribution in [0.2, 0.25) is 0 Å². The lowest BCUT2D eigenvalue weighted by Crippen LogP contribution is -2.07. The van der Waals surface area contributed by atoms with Crippen LogP contribution in [0.3, 0.4) is 0 Å². The number of rotatable bonds is 2. The van der Waals surface area contributed by atoms with E-state index in [4.69, 9.17) is 0 Å². The van der Waals surface area contributed by atoms with Crippen molar-refractivity contribution < 1.29 is 13.2 Å². The van der Waals surface area contributed by atoms with Gasteiger partial charge in [-0.15, -0.1) is 0 Å². The molecule has 0 nitrogen and oxygen atoms in total. The number of hydrogen-bond donors (Lipinski definition) is 0. The van der Waals surface area contributed by atoms with Crippen molar-refractivity contribution >= 4 is 16.3 Å². The molecule has 0 aliphatic heterocycles. The molecule has 0 heterocycles. The predicted octanol–water partition coefficient (Wildman–Crippen LogP) is 4.81. The van der Waals surface area contributed by atoms with Gasteiger partial charge in [0, 0.05) is 0 Å². The molecule has 17 heavy (non-hydrogen) atoms. The molecule has 2 rings (SSSR count). The monoisotopic (exact) mass is 236 g/mol. The van der Waals surface area contributed by atoms with Gasteiger partial charge in [-0.1, -0.05) is 43.0 Å². The molecule has 0 radical (unpaired) electrons. The molecule has 0 saturated heterocycles. The summed E-state index contributed by atoms with van der Waals surface area (Å²) < 4.78 is 36.7. The summed E-state index contributed by atoms with van der Waals surface area (Å²) in [5.74, 6) is 0. The van der Waals surface area contributed by atoms with E-state index in [0.29, 0.717) is 5.56 Å². The third-order valence-corrected chi connectivity index (χ3v) is 2.57. The second-order valence-electron chi connectivity index (χ2n) is 3.96. The molecule has 0 N–H and O–H groups in total. The number of alkyl halides is 3. The fraction of sp³-hybridized carbons (Fsp3) is 0.143. The van der Waals surface area contributed by atoms with Gasteiger partial charge in [-0.05, 0) is 28.0 Å². The lowest BCUT2D eigenvalue weighted by atomic mass is 10.0. The Morgan fingerprint density at radius 1 is 1.00 bits per heavy atom. The molecule has 0 aromatic heterocycles. The van der Waals surface area contributed by atoms with Crippen molar-refractivity contribution in [1.29, 1.82) is 0 Å². The maximum Gasteiger partial charge on any atom is 0.393 e. The first-order chi connectivity index (χ1) is 7.96. The van der Waals surface area contributed by atoms with Crippen molar-refractivity contribution in [1.82, 2.24) is 0 Å². The second kappa shape index (κ2) is 4.24. The van der Waals surface area contributed by atoms with E-state index in [1.54, 1.807) is 12.1 Å². The van der Waals surface area contributed by atoms with Crippen molar-refractivity contribution in [2.24, 2.45) is 0 Å². The molecule has 0 aliphatic carbocycles. The Hall–Kier alpha value is -1.77. The SMILES string of the molecule is C=C(CC(F)(F)F)c1ccc2ccccc2c1. The Morgan fingerprint density at radius 3 is 2.29 bits per heavy atom. The van der Waals surface area contributed by atoms with Gasteiger partial charge in [-0.2, -0.15) is 13.2 Å². The lowest BCUT2D eigenvalue weighted by Gasteiger charge is -2.10. The van der Waals surface area contributed by atoms with Crippen LogP contribution in [0.4, 0.5) is 13.2 Å². The van der Waals surface area contributed by atoms with Crippen molar-refractivity contribution in [3.05, 3.63) is 54.6 Å². The van der Waals surface area contributed by atoms with Gasteiger partial charge in [-0.3, -0.25) is 0 Å². The molecule has 0 unspecified atom stereocenters. The van der Waals surface area contributed by atoms with Crippen LogP contribution in [0.5, 0.6) is 0 Å². The van der Waals surface area contributed by atoms with Gasteiger partial charge in [0.1, 0.15) is 0 Å². The molecular weight excluding hydrogens is 225 g/mol. The summed E-state index contributed by atoms with van der Waals surface area (Å²) >= 11 is 0. The molecule has 2 aromatic carbocycles. The zero-order valence-corrected chi connectivity index (χ0v) is 9.09. The molecule has 0 spiro atoms. The molecule has 3 heteroatoms. The summed E-state index contributed by atoms with van der Waals surface area (Å²) in [4.78, 5) is 0. The van der Waals surface area contributed by atoms with Gasteiger partial charge in [-0.25, -0.2) is 0 Å². The Bertz CT molecular complexity index is 553. The molecule has 2 aromatic rings. The number of halogens is 3. The Labute approximate surface area is 97.4 Å². The number of fused-ring (bicyclic) bond motifs is 1. The molecular formula is C14H11F3. The van der Waals surface area contributed by atoms with Crippen LogP contribution >= 0.6 is 0 Å². The summed E-state index contributed by atoms with van der Waals surface area (Å²) in [7, 11) is 0. The fourth-order valence-corrected chi connectivity index (χ4v) is 1.75. The molecule has 0 bridgehead atoms. The minimum absolute atomic E-state index is 0.100. The standard InChI is InChI=1S/C14H11F3/c1-10(9-14(15,16)17)12-7-6-11-4-2-3-5-13(11)8-12/h2-8H,1,9H2. The van der Waals surface area contributed by atoms with Crippen LogP contribution in [0.1, 0.15) is 12.0 Å². The zero-order chi connectivity index (χ0) is 12.5. The molecule has 0 atom stereocenters. The van der Waals surface area contributed by atoms with Crippen LogP contribution in [0, 0.1) is 0 Å². The van der Waals surface area contributed by atoms with E-state index in [1.807, 2.05) is 30.3 Å². The minimum Gasteiger partial charge on any atom is -0.171 e. The molecule has 0 amide bonds.